The van der Waals surface area contributed by atoms with E-state index in [1.807, 2.05) is 0 Å². The van der Waals surface area contributed by atoms with Crippen molar-refractivity contribution in [3.63, 3.8) is 0 Å². The van der Waals surface area contributed by atoms with Crippen LogP contribution in [0.25, 0.3) is 0 Å². The Bertz CT molecular complexity index is 497. The van der Waals surface area contributed by atoms with Gasteiger partial charge in [0, 0.05) is 5.75 Å². The lowest BCUT2D eigenvalue weighted by atomic mass is 9.85. The molecule has 1 heterocycles. The summed E-state index contributed by atoms with van der Waals surface area (Å²) in [4.78, 5) is 4.71. The van der Waals surface area contributed by atoms with E-state index in [1.165, 1.54) is 12.1 Å². The predicted octanol–water partition coefficient (Wildman–Crippen LogP) is 4.80. The molecule has 1 atom stereocenters. The molecule has 2 rings (SSSR count). The lowest BCUT2D eigenvalue weighted by Crippen LogP contribution is -2.30. The van der Waals surface area contributed by atoms with Gasteiger partial charge in [-0.15, -0.1) is 0 Å². The summed E-state index contributed by atoms with van der Waals surface area (Å²) in [6, 6.07) is 4.57. The molecule has 0 fully saturated rings. The molecule has 1 aliphatic rings. The number of halogens is 2. The summed E-state index contributed by atoms with van der Waals surface area (Å²) in [5.41, 5.74) is 0.710. The van der Waals surface area contributed by atoms with Gasteiger partial charge in [-0.25, -0.2) is 4.39 Å². The van der Waals surface area contributed by atoms with Crippen LogP contribution in [-0.2, 0) is 0 Å². The van der Waals surface area contributed by atoms with Crippen LogP contribution >= 0.6 is 23.4 Å². The zero-order valence-corrected chi connectivity index (χ0v) is 12.9. The summed E-state index contributed by atoms with van der Waals surface area (Å²) < 4.78 is 13.2. The van der Waals surface area contributed by atoms with Crippen molar-refractivity contribution < 1.29 is 4.39 Å². The highest BCUT2D eigenvalue weighted by Crippen LogP contribution is 2.32. The number of hydrogen-bond acceptors (Lipinski definition) is 3. The molecule has 1 aliphatic heterocycles. The van der Waals surface area contributed by atoms with Crippen molar-refractivity contribution >= 4 is 34.2 Å². The van der Waals surface area contributed by atoms with E-state index < -0.39 is 0 Å². The quantitative estimate of drug-likeness (QED) is 0.805. The summed E-state index contributed by atoms with van der Waals surface area (Å²) in [5, 5.41) is 4.45. The van der Waals surface area contributed by atoms with Crippen LogP contribution in [0.2, 0.25) is 5.02 Å². The Morgan fingerprint density at radius 3 is 2.84 bits per heavy atom. The Kier molecular flexibility index (Phi) is 4.41. The second-order valence-electron chi connectivity index (χ2n) is 5.70. The van der Waals surface area contributed by atoms with Crippen molar-refractivity contribution in [1.82, 2.24) is 0 Å². The third-order valence-electron chi connectivity index (χ3n) is 3.07. The maximum absolute atomic E-state index is 13.2. The molecule has 2 nitrogen and oxygen atoms in total. The molecular formula is C14H18ClFN2S. The van der Waals surface area contributed by atoms with E-state index in [2.05, 4.69) is 26.1 Å². The zero-order chi connectivity index (χ0) is 14.0. The number of nitrogens with one attached hydrogen (secondary N) is 1. The number of anilines is 1. The van der Waals surface area contributed by atoms with Crippen molar-refractivity contribution in [2.24, 2.45) is 10.4 Å². The van der Waals surface area contributed by atoms with Gasteiger partial charge in [0.15, 0.2) is 5.17 Å². The van der Waals surface area contributed by atoms with Crippen molar-refractivity contribution in [2.45, 2.75) is 33.2 Å². The van der Waals surface area contributed by atoms with Crippen LogP contribution in [0.3, 0.4) is 0 Å². The van der Waals surface area contributed by atoms with Crippen molar-refractivity contribution in [1.29, 1.82) is 0 Å². The molecule has 19 heavy (non-hydrogen) atoms. The fourth-order valence-corrected chi connectivity index (χ4v) is 3.00. The minimum Gasteiger partial charge on any atom is -0.334 e. The lowest BCUT2D eigenvalue weighted by Gasteiger charge is -2.31. The number of benzene rings is 1. The topological polar surface area (TPSA) is 24.4 Å². The minimum absolute atomic E-state index is 0.139. The Labute approximate surface area is 122 Å². The normalized spacial score (nSPS) is 20.1. The van der Waals surface area contributed by atoms with Gasteiger partial charge in [0.1, 0.15) is 5.82 Å². The monoisotopic (exact) mass is 300 g/mol. The molecule has 0 saturated carbocycles. The number of thioether (sulfide) groups is 1. The molecule has 0 amide bonds. The fraction of sp³-hybridized carbons (Fsp3) is 0.500. The Morgan fingerprint density at radius 2 is 2.16 bits per heavy atom. The molecule has 0 saturated heterocycles. The van der Waals surface area contributed by atoms with Crippen LogP contribution in [0.4, 0.5) is 10.1 Å². The molecule has 5 heteroatoms. The van der Waals surface area contributed by atoms with Crippen molar-refractivity contribution in [2.75, 3.05) is 11.1 Å². The van der Waals surface area contributed by atoms with Gasteiger partial charge in [-0.2, -0.15) is 0 Å². The molecule has 0 aliphatic carbocycles. The molecule has 104 valence electrons. The molecule has 1 unspecified atom stereocenters. The first-order valence-corrected chi connectivity index (χ1v) is 7.65. The second-order valence-corrected chi connectivity index (χ2v) is 7.19. The van der Waals surface area contributed by atoms with Crippen LogP contribution in [0.5, 0.6) is 0 Å². The average molecular weight is 301 g/mol. The molecule has 1 N–H and O–H groups in total. The van der Waals surface area contributed by atoms with Crippen molar-refractivity contribution in [3.05, 3.63) is 29.0 Å². The highest BCUT2D eigenvalue weighted by atomic mass is 35.5. The van der Waals surface area contributed by atoms with Crippen LogP contribution in [0.1, 0.15) is 27.2 Å². The first-order chi connectivity index (χ1) is 8.86. The van der Waals surface area contributed by atoms with Crippen molar-refractivity contribution in [3.8, 4) is 0 Å². The smallest absolute Gasteiger partial charge is 0.161 e. The van der Waals surface area contributed by atoms with E-state index >= 15 is 0 Å². The Balaban J connectivity index is 2.18. The Morgan fingerprint density at radius 1 is 1.42 bits per heavy atom. The van der Waals surface area contributed by atoms with Crippen LogP contribution in [0.15, 0.2) is 23.2 Å². The van der Waals surface area contributed by atoms with Crippen LogP contribution in [0, 0.1) is 11.2 Å². The SMILES string of the molecule is CC(C)(C)C1CCSC(Nc2cc(F)ccc2Cl)=N1. The molecule has 0 radical (unpaired) electrons. The van der Waals surface area contributed by atoms with Gasteiger partial charge in [-0.05, 0) is 30.0 Å². The third-order valence-corrected chi connectivity index (χ3v) is 4.32. The van der Waals surface area contributed by atoms with E-state index in [1.54, 1.807) is 17.8 Å². The molecule has 0 aromatic heterocycles. The highest BCUT2D eigenvalue weighted by molar-refractivity contribution is 8.14. The predicted molar refractivity (Wildman–Crippen MR) is 82.8 cm³/mol. The average Bonchev–Trinajstić information content (AvgIpc) is 2.33. The molecule has 0 bridgehead atoms. The Hall–Kier alpha value is -0.740. The van der Waals surface area contributed by atoms with Crippen LogP contribution in [-0.4, -0.2) is 17.0 Å². The summed E-state index contributed by atoms with van der Waals surface area (Å²) in [6.07, 6.45) is 1.07. The fourth-order valence-electron chi connectivity index (χ4n) is 1.91. The minimum atomic E-state index is -0.305. The molecule has 0 spiro atoms. The summed E-state index contributed by atoms with van der Waals surface area (Å²) >= 11 is 7.70. The molecule has 1 aromatic carbocycles. The van der Waals surface area contributed by atoms with Gasteiger partial charge in [0.2, 0.25) is 0 Å². The van der Waals surface area contributed by atoms with E-state index in [-0.39, 0.29) is 17.3 Å². The van der Waals surface area contributed by atoms with E-state index in [0.29, 0.717) is 10.7 Å². The first kappa shape index (κ1) is 14.7. The standard InChI is InChI=1S/C14H18ClFN2S/c1-14(2,3)12-6-7-19-13(18-12)17-11-8-9(16)4-5-10(11)15/h4-5,8,12H,6-7H2,1-3H3,(H,17,18). The maximum Gasteiger partial charge on any atom is 0.161 e. The summed E-state index contributed by atoms with van der Waals surface area (Å²) in [6.45, 7) is 6.55. The first-order valence-electron chi connectivity index (χ1n) is 6.29. The molecule has 1 aromatic rings. The van der Waals surface area contributed by atoms with E-state index in [4.69, 9.17) is 16.6 Å². The second kappa shape index (κ2) is 5.71. The third kappa shape index (κ3) is 3.86. The van der Waals surface area contributed by atoms with E-state index in [9.17, 15) is 4.39 Å². The number of hydrogen-bond donors (Lipinski definition) is 1. The van der Waals surface area contributed by atoms with E-state index in [0.717, 1.165) is 17.3 Å². The van der Waals surface area contributed by atoms with Gasteiger partial charge < -0.3 is 5.32 Å². The van der Waals surface area contributed by atoms with Gasteiger partial charge in [-0.3, -0.25) is 4.99 Å². The van der Waals surface area contributed by atoms with Crippen LogP contribution < -0.4 is 5.32 Å². The molecular weight excluding hydrogens is 283 g/mol. The maximum atomic E-state index is 13.2. The van der Waals surface area contributed by atoms with Gasteiger partial charge in [0.05, 0.1) is 16.8 Å². The number of rotatable bonds is 1. The lowest BCUT2D eigenvalue weighted by molar-refractivity contribution is 0.316. The number of aliphatic imine (C=N–C) groups is 1. The number of nitrogens with zero attached hydrogens (tertiary/aromatic N) is 1. The summed E-state index contributed by atoms with van der Waals surface area (Å²) in [5.74, 6) is 0.710. The highest BCUT2D eigenvalue weighted by Gasteiger charge is 2.27. The van der Waals surface area contributed by atoms with Gasteiger partial charge in [-0.1, -0.05) is 44.1 Å². The zero-order valence-electron chi connectivity index (χ0n) is 11.3. The van der Waals surface area contributed by atoms with Gasteiger partial charge >= 0.3 is 0 Å². The van der Waals surface area contributed by atoms with Gasteiger partial charge in [0.25, 0.3) is 0 Å². The largest absolute Gasteiger partial charge is 0.334 e. The summed E-state index contributed by atoms with van der Waals surface area (Å²) in [7, 11) is 0. The number of amidine groups is 1.